The number of ether oxygens (including phenoxy) is 1. The molecule has 1 aliphatic heterocycles. The first-order valence-electron chi connectivity index (χ1n) is 10.2. The first-order chi connectivity index (χ1) is 13.7. The van der Waals surface area contributed by atoms with Crippen LogP contribution in [0.5, 0.6) is 0 Å². The van der Waals surface area contributed by atoms with Crippen LogP contribution in [0, 0.1) is 5.92 Å². The molecule has 3 unspecified atom stereocenters. The van der Waals surface area contributed by atoms with Gasteiger partial charge in [-0.15, -0.1) is 0 Å². The van der Waals surface area contributed by atoms with Crippen LogP contribution in [0.2, 0.25) is 0 Å². The summed E-state index contributed by atoms with van der Waals surface area (Å²) in [5, 5.41) is 42.8. The maximum Gasteiger partial charge on any atom is 0.370 e. The van der Waals surface area contributed by atoms with Crippen molar-refractivity contribution < 1.29 is 39.5 Å². The van der Waals surface area contributed by atoms with Crippen molar-refractivity contribution in [1.82, 2.24) is 5.32 Å². The van der Waals surface area contributed by atoms with Gasteiger partial charge in [-0.25, -0.2) is 4.79 Å². The third-order valence-electron chi connectivity index (χ3n) is 4.93. The lowest BCUT2D eigenvalue weighted by Gasteiger charge is -2.38. The maximum atomic E-state index is 12.2. The number of unbranched alkanes of at least 4 members (excludes halogenated alkanes) is 2. The van der Waals surface area contributed by atoms with Gasteiger partial charge in [-0.05, 0) is 18.9 Å². The van der Waals surface area contributed by atoms with E-state index in [2.05, 4.69) is 5.32 Å². The van der Waals surface area contributed by atoms with Crippen molar-refractivity contribution in [3.63, 3.8) is 0 Å². The molecule has 0 aliphatic carbocycles. The first kappa shape index (κ1) is 25.1. The molecule has 5 N–H and O–H groups in total. The average molecular weight is 415 g/mol. The normalized spacial score (nSPS) is 23.5. The van der Waals surface area contributed by atoms with E-state index in [0.29, 0.717) is 25.7 Å². The fourth-order valence-electron chi connectivity index (χ4n) is 3.15. The van der Waals surface area contributed by atoms with E-state index < -0.39 is 42.1 Å². The van der Waals surface area contributed by atoms with Crippen LogP contribution in [0.15, 0.2) is 11.8 Å². The molecule has 0 saturated heterocycles. The lowest BCUT2D eigenvalue weighted by atomic mass is 9.83. The molecule has 0 bridgehead atoms. The first-order valence-corrected chi connectivity index (χ1v) is 10.2. The van der Waals surface area contributed by atoms with Crippen LogP contribution >= 0.6 is 0 Å². The molecule has 1 aliphatic rings. The fourth-order valence-corrected chi connectivity index (χ4v) is 3.15. The molecule has 0 radical (unpaired) electrons. The van der Waals surface area contributed by atoms with Gasteiger partial charge in [-0.2, -0.15) is 0 Å². The van der Waals surface area contributed by atoms with E-state index in [0.717, 1.165) is 18.9 Å². The van der Waals surface area contributed by atoms with Crippen LogP contribution in [0.1, 0.15) is 58.8 Å². The Hall–Kier alpha value is -1.97. The van der Waals surface area contributed by atoms with E-state index in [9.17, 15) is 29.7 Å². The smallest absolute Gasteiger partial charge is 0.370 e. The van der Waals surface area contributed by atoms with Gasteiger partial charge < -0.3 is 30.5 Å². The third kappa shape index (κ3) is 8.12. The molecular formula is C20H33NO8. The largest absolute Gasteiger partial charge is 0.480 e. The molecule has 9 nitrogen and oxygen atoms in total. The standard InChI is InChI=1S/C20H33NO8/c1-3-5-7-12(22)9-13-14(23)10-16(20(27)28)29-19(13)18(26)15(24)11-21-17(25)8-6-4-2/h10,13-15,18-19,23-24,26H,3-9,11H2,1-2H3,(H,21,25)(H,27,28)/t13-,14-,15?,18?,19?/m1/s1. The number of carbonyl (C=O) groups is 3. The van der Waals surface area contributed by atoms with Crippen molar-refractivity contribution >= 4 is 17.7 Å². The summed E-state index contributed by atoms with van der Waals surface area (Å²) in [5.74, 6) is -3.33. The third-order valence-corrected chi connectivity index (χ3v) is 4.93. The number of carboxylic acid groups (broad SMARTS) is 1. The molecule has 1 heterocycles. The van der Waals surface area contributed by atoms with E-state index in [1.165, 1.54) is 0 Å². The number of aliphatic hydroxyl groups is 3. The van der Waals surface area contributed by atoms with Crippen LogP contribution in [-0.2, 0) is 19.1 Å². The Bertz CT molecular complexity index is 591. The summed E-state index contributed by atoms with van der Waals surface area (Å²) < 4.78 is 5.32. The summed E-state index contributed by atoms with van der Waals surface area (Å²) in [6.07, 6.45) is -1.22. The minimum atomic E-state index is -1.61. The molecule has 1 rings (SSSR count). The lowest BCUT2D eigenvalue weighted by molar-refractivity contribution is -0.152. The summed E-state index contributed by atoms with van der Waals surface area (Å²) in [5.41, 5.74) is 0. The quantitative estimate of drug-likeness (QED) is 0.292. The molecule has 0 aromatic carbocycles. The van der Waals surface area contributed by atoms with Crippen molar-refractivity contribution in [2.75, 3.05) is 6.54 Å². The van der Waals surface area contributed by atoms with E-state index >= 15 is 0 Å². The SMILES string of the molecule is CCCCC(=O)C[C@H]1C(C(O)C(O)CNC(=O)CCCC)OC(C(=O)O)=C[C@H]1O. The van der Waals surface area contributed by atoms with Gasteiger partial charge in [-0.1, -0.05) is 26.7 Å². The topological polar surface area (TPSA) is 153 Å². The van der Waals surface area contributed by atoms with Crippen molar-refractivity contribution in [3.8, 4) is 0 Å². The van der Waals surface area contributed by atoms with Gasteiger partial charge in [0.1, 0.15) is 24.1 Å². The zero-order chi connectivity index (χ0) is 22.0. The number of hydrogen-bond donors (Lipinski definition) is 5. The summed E-state index contributed by atoms with van der Waals surface area (Å²) in [7, 11) is 0. The molecule has 0 spiro atoms. The van der Waals surface area contributed by atoms with Gasteiger partial charge in [0, 0.05) is 31.7 Å². The van der Waals surface area contributed by atoms with Crippen LogP contribution in [-0.4, -0.2) is 69.0 Å². The Morgan fingerprint density at radius 1 is 1.14 bits per heavy atom. The molecular weight excluding hydrogens is 382 g/mol. The second-order valence-corrected chi connectivity index (χ2v) is 7.38. The molecule has 0 saturated carbocycles. The van der Waals surface area contributed by atoms with Crippen molar-refractivity contribution in [2.45, 2.75) is 83.2 Å². The van der Waals surface area contributed by atoms with E-state index in [1.54, 1.807) is 0 Å². The zero-order valence-corrected chi connectivity index (χ0v) is 17.0. The van der Waals surface area contributed by atoms with Gasteiger partial charge in [0.15, 0.2) is 0 Å². The highest BCUT2D eigenvalue weighted by Crippen LogP contribution is 2.30. The van der Waals surface area contributed by atoms with Crippen LogP contribution in [0.25, 0.3) is 0 Å². The molecule has 29 heavy (non-hydrogen) atoms. The Kier molecular flexibility index (Phi) is 10.9. The van der Waals surface area contributed by atoms with Crippen LogP contribution < -0.4 is 5.32 Å². The second kappa shape index (κ2) is 12.6. The summed E-state index contributed by atoms with van der Waals surface area (Å²) in [4.78, 5) is 35.1. The highest BCUT2D eigenvalue weighted by Gasteiger charge is 2.43. The number of amides is 1. The summed E-state index contributed by atoms with van der Waals surface area (Å²) >= 11 is 0. The van der Waals surface area contributed by atoms with Crippen molar-refractivity contribution in [3.05, 3.63) is 11.8 Å². The Balaban J connectivity index is 2.86. The Morgan fingerprint density at radius 2 is 1.76 bits per heavy atom. The summed E-state index contributed by atoms with van der Waals surface area (Å²) in [6.45, 7) is 3.61. The van der Waals surface area contributed by atoms with Gasteiger partial charge in [0.25, 0.3) is 0 Å². The number of nitrogens with one attached hydrogen (secondary N) is 1. The Labute approximate surface area is 170 Å². The summed E-state index contributed by atoms with van der Waals surface area (Å²) in [6, 6.07) is 0. The minimum absolute atomic E-state index is 0.123. The highest BCUT2D eigenvalue weighted by molar-refractivity contribution is 5.84. The highest BCUT2D eigenvalue weighted by atomic mass is 16.5. The minimum Gasteiger partial charge on any atom is -0.480 e. The monoisotopic (exact) mass is 415 g/mol. The maximum absolute atomic E-state index is 12.2. The van der Waals surface area contributed by atoms with E-state index in [4.69, 9.17) is 9.84 Å². The molecule has 9 heteroatoms. The van der Waals surface area contributed by atoms with Gasteiger partial charge in [-0.3, -0.25) is 9.59 Å². The molecule has 5 atom stereocenters. The van der Waals surface area contributed by atoms with E-state index in [-0.39, 0.29) is 24.7 Å². The molecule has 0 fully saturated rings. The number of Topliss-reactive ketones (excluding diaryl/α,β-unsaturated/α-hetero) is 1. The predicted molar refractivity (Wildman–Crippen MR) is 104 cm³/mol. The fraction of sp³-hybridized carbons (Fsp3) is 0.750. The Morgan fingerprint density at radius 3 is 2.34 bits per heavy atom. The van der Waals surface area contributed by atoms with E-state index in [1.807, 2.05) is 13.8 Å². The number of carboxylic acids is 1. The number of hydrogen-bond acceptors (Lipinski definition) is 7. The van der Waals surface area contributed by atoms with Crippen molar-refractivity contribution in [1.29, 1.82) is 0 Å². The molecule has 0 aromatic rings. The number of ketones is 1. The number of rotatable bonds is 13. The predicted octanol–water partition coefficient (Wildman–Crippen LogP) is 0.508. The second-order valence-electron chi connectivity index (χ2n) is 7.38. The van der Waals surface area contributed by atoms with Crippen LogP contribution in [0.4, 0.5) is 0 Å². The van der Waals surface area contributed by atoms with Gasteiger partial charge in [0.05, 0.1) is 6.10 Å². The lowest BCUT2D eigenvalue weighted by Crippen LogP contribution is -2.52. The van der Waals surface area contributed by atoms with Crippen molar-refractivity contribution in [2.24, 2.45) is 5.92 Å². The average Bonchev–Trinajstić information content (AvgIpc) is 2.69. The molecule has 166 valence electrons. The van der Waals surface area contributed by atoms with Crippen LogP contribution in [0.3, 0.4) is 0 Å². The molecule has 1 amide bonds. The van der Waals surface area contributed by atoms with Gasteiger partial charge >= 0.3 is 5.97 Å². The zero-order valence-electron chi connectivity index (χ0n) is 17.0. The number of aliphatic hydroxyl groups excluding tert-OH is 3. The molecule has 0 aromatic heterocycles. The number of aliphatic carboxylic acids is 1. The number of carbonyl (C=O) groups excluding carboxylic acids is 2. The van der Waals surface area contributed by atoms with Gasteiger partial charge in [0.2, 0.25) is 11.7 Å².